The molecule has 60 valence electrons. The van der Waals surface area contributed by atoms with Crippen molar-refractivity contribution in [1.29, 1.82) is 0 Å². The van der Waals surface area contributed by atoms with E-state index >= 15 is 0 Å². The van der Waals surface area contributed by atoms with E-state index in [4.69, 9.17) is 5.73 Å². The lowest BCUT2D eigenvalue weighted by Crippen LogP contribution is -2.16. The molecule has 1 fully saturated rings. The van der Waals surface area contributed by atoms with E-state index in [1.165, 1.54) is 32.1 Å². The fraction of sp³-hybridized carbons (Fsp3) is 1.00. The number of nitrogens with two attached hydrogens (primary N) is 1. The predicted molar refractivity (Wildman–Crippen MR) is 44.8 cm³/mol. The first-order valence-corrected chi connectivity index (χ1v) is 4.53. The number of hydrogen-bond acceptors (Lipinski definition) is 1. The van der Waals surface area contributed by atoms with Gasteiger partial charge in [0.2, 0.25) is 0 Å². The Hall–Kier alpha value is -0.0400. The van der Waals surface area contributed by atoms with E-state index in [1.807, 2.05) is 0 Å². The molecule has 0 radical (unpaired) electrons. The number of hydrogen-bond donors (Lipinski definition) is 1. The molecule has 0 aromatic carbocycles. The van der Waals surface area contributed by atoms with Gasteiger partial charge in [-0.2, -0.15) is 0 Å². The molecule has 2 N–H and O–H groups in total. The SMILES string of the molecule is C[C@H]1CCC[C@H](CCN)C1. The number of rotatable bonds is 2. The third-order valence-corrected chi connectivity index (χ3v) is 2.62. The molecule has 1 rings (SSSR count). The molecular weight excluding hydrogens is 122 g/mol. The van der Waals surface area contributed by atoms with Crippen LogP contribution in [0, 0.1) is 11.8 Å². The van der Waals surface area contributed by atoms with Crippen LogP contribution in [0.5, 0.6) is 0 Å². The highest BCUT2D eigenvalue weighted by Crippen LogP contribution is 2.29. The second kappa shape index (κ2) is 3.97. The average Bonchev–Trinajstić information content (AvgIpc) is 1.88. The van der Waals surface area contributed by atoms with Crippen LogP contribution in [-0.4, -0.2) is 6.54 Å². The molecule has 0 spiro atoms. The Kier molecular flexibility index (Phi) is 3.20. The summed E-state index contributed by atoms with van der Waals surface area (Å²) < 4.78 is 0. The van der Waals surface area contributed by atoms with E-state index in [2.05, 4.69) is 6.92 Å². The minimum atomic E-state index is 0.886. The van der Waals surface area contributed by atoms with Crippen LogP contribution in [0.3, 0.4) is 0 Å². The van der Waals surface area contributed by atoms with Crippen LogP contribution in [0.4, 0.5) is 0 Å². The zero-order chi connectivity index (χ0) is 7.40. The van der Waals surface area contributed by atoms with Crippen molar-refractivity contribution in [3.05, 3.63) is 0 Å². The second-order valence-electron chi connectivity index (χ2n) is 3.72. The molecule has 0 aromatic heterocycles. The van der Waals surface area contributed by atoms with Gasteiger partial charge >= 0.3 is 0 Å². The molecule has 1 saturated carbocycles. The van der Waals surface area contributed by atoms with E-state index in [1.54, 1.807) is 0 Å². The van der Waals surface area contributed by atoms with Gasteiger partial charge in [-0.05, 0) is 31.2 Å². The van der Waals surface area contributed by atoms with Gasteiger partial charge in [-0.25, -0.2) is 0 Å². The quantitative estimate of drug-likeness (QED) is 0.626. The molecule has 0 aromatic rings. The summed E-state index contributed by atoms with van der Waals surface area (Å²) in [5.41, 5.74) is 5.50. The van der Waals surface area contributed by atoms with Gasteiger partial charge in [0.25, 0.3) is 0 Å². The van der Waals surface area contributed by atoms with Crippen molar-refractivity contribution in [3.8, 4) is 0 Å². The van der Waals surface area contributed by atoms with E-state index in [-0.39, 0.29) is 0 Å². The van der Waals surface area contributed by atoms with E-state index in [0.717, 1.165) is 18.4 Å². The van der Waals surface area contributed by atoms with Crippen molar-refractivity contribution in [2.75, 3.05) is 6.54 Å². The van der Waals surface area contributed by atoms with Crippen molar-refractivity contribution in [2.45, 2.75) is 39.0 Å². The lowest BCUT2D eigenvalue weighted by molar-refractivity contribution is 0.272. The summed E-state index contributed by atoms with van der Waals surface area (Å²) in [4.78, 5) is 0. The van der Waals surface area contributed by atoms with Crippen LogP contribution in [0.1, 0.15) is 39.0 Å². The highest BCUT2D eigenvalue weighted by Gasteiger charge is 2.17. The van der Waals surface area contributed by atoms with Crippen LogP contribution < -0.4 is 5.73 Å². The third kappa shape index (κ3) is 2.30. The standard InChI is InChI=1S/C9H19N/c1-8-3-2-4-9(7-8)5-6-10/h8-9H,2-7,10H2,1H3/t8-,9+/m0/s1. The van der Waals surface area contributed by atoms with Gasteiger partial charge in [0.15, 0.2) is 0 Å². The monoisotopic (exact) mass is 141 g/mol. The van der Waals surface area contributed by atoms with E-state index < -0.39 is 0 Å². The van der Waals surface area contributed by atoms with Crippen LogP contribution in [0.2, 0.25) is 0 Å². The smallest absolute Gasteiger partial charge is 0.00746 e. The molecule has 1 heteroatoms. The minimum absolute atomic E-state index is 0.886. The van der Waals surface area contributed by atoms with Crippen LogP contribution in [-0.2, 0) is 0 Å². The Morgan fingerprint density at radius 2 is 2.20 bits per heavy atom. The van der Waals surface area contributed by atoms with E-state index in [0.29, 0.717) is 0 Å². The summed E-state index contributed by atoms with van der Waals surface area (Å²) in [6.07, 6.45) is 7.00. The molecule has 0 heterocycles. The van der Waals surface area contributed by atoms with Gasteiger partial charge in [0.1, 0.15) is 0 Å². The first-order valence-electron chi connectivity index (χ1n) is 4.53. The Morgan fingerprint density at radius 3 is 2.80 bits per heavy atom. The van der Waals surface area contributed by atoms with Gasteiger partial charge < -0.3 is 5.73 Å². The predicted octanol–water partition coefficient (Wildman–Crippen LogP) is 2.16. The molecule has 1 aliphatic rings. The lowest BCUT2D eigenvalue weighted by atomic mass is 9.81. The molecule has 0 saturated heterocycles. The molecule has 0 unspecified atom stereocenters. The lowest BCUT2D eigenvalue weighted by Gasteiger charge is -2.25. The highest BCUT2D eigenvalue weighted by atomic mass is 14.5. The van der Waals surface area contributed by atoms with E-state index in [9.17, 15) is 0 Å². The van der Waals surface area contributed by atoms with Crippen molar-refractivity contribution >= 4 is 0 Å². The highest BCUT2D eigenvalue weighted by molar-refractivity contribution is 4.70. The van der Waals surface area contributed by atoms with Crippen LogP contribution in [0.15, 0.2) is 0 Å². The Bertz CT molecular complexity index is 88.7. The van der Waals surface area contributed by atoms with Crippen LogP contribution >= 0.6 is 0 Å². The summed E-state index contributed by atoms with van der Waals surface area (Å²) >= 11 is 0. The second-order valence-corrected chi connectivity index (χ2v) is 3.72. The largest absolute Gasteiger partial charge is 0.330 e. The zero-order valence-electron chi connectivity index (χ0n) is 6.97. The fourth-order valence-corrected chi connectivity index (χ4v) is 2.06. The summed E-state index contributed by atoms with van der Waals surface area (Å²) in [5, 5.41) is 0. The maximum Gasteiger partial charge on any atom is -0.00746 e. The zero-order valence-corrected chi connectivity index (χ0v) is 6.97. The molecule has 0 aliphatic heterocycles. The van der Waals surface area contributed by atoms with Gasteiger partial charge in [0.05, 0.1) is 0 Å². The van der Waals surface area contributed by atoms with Crippen molar-refractivity contribution < 1.29 is 0 Å². The molecular formula is C9H19N. The van der Waals surface area contributed by atoms with Gasteiger partial charge in [0, 0.05) is 0 Å². The summed E-state index contributed by atoms with van der Waals surface area (Å²) in [5.74, 6) is 1.92. The topological polar surface area (TPSA) is 26.0 Å². The third-order valence-electron chi connectivity index (χ3n) is 2.62. The average molecular weight is 141 g/mol. The Labute approximate surface area is 64.0 Å². The Balaban J connectivity index is 2.18. The molecule has 1 aliphatic carbocycles. The normalized spacial score (nSPS) is 34.2. The van der Waals surface area contributed by atoms with Crippen molar-refractivity contribution in [2.24, 2.45) is 17.6 Å². The summed E-state index contributed by atoms with van der Waals surface area (Å²) in [6.45, 7) is 3.25. The molecule has 10 heavy (non-hydrogen) atoms. The van der Waals surface area contributed by atoms with Gasteiger partial charge in [-0.15, -0.1) is 0 Å². The van der Waals surface area contributed by atoms with Gasteiger partial charge in [-0.3, -0.25) is 0 Å². The Morgan fingerprint density at radius 1 is 1.40 bits per heavy atom. The van der Waals surface area contributed by atoms with Crippen LogP contribution in [0.25, 0.3) is 0 Å². The summed E-state index contributed by atoms with van der Waals surface area (Å²) in [6, 6.07) is 0. The summed E-state index contributed by atoms with van der Waals surface area (Å²) in [7, 11) is 0. The fourth-order valence-electron chi connectivity index (χ4n) is 2.06. The maximum absolute atomic E-state index is 5.50. The van der Waals surface area contributed by atoms with Crippen molar-refractivity contribution in [1.82, 2.24) is 0 Å². The minimum Gasteiger partial charge on any atom is -0.330 e. The first kappa shape index (κ1) is 8.06. The molecule has 2 atom stereocenters. The van der Waals surface area contributed by atoms with Gasteiger partial charge in [-0.1, -0.05) is 26.2 Å². The first-order chi connectivity index (χ1) is 4.83. The maximum atomic E-state index is 5.50. The molecule has 0 bridgehead atoms. The van der Waals surface area contributed by atoms with Crippen molar-refractivity contribution in [3.63, 3.8) is 0 Å². The molecule has 1 nitrogen and oxygen atoms in total. The molecule has 0 amide bonds.